The van der Waals surface area contributed by atoms with Crippen molar-refractivity contribution >= 4 is 40.4 Å². The number of rotatable bonds is 4. The highest BCUT2D eigenvalue weighted by Gasteiger charge is 2.28. The van der Waals surface area contributed by atoms with Crippen molar-refractivity contribution in [1.82, 2.24) is 15.1 Å². The van der Waals surface area contributed by atoms with Crippen molar-refractivity contribution < 1.29 is 9.59 Å². The van der Waals surface area contributed by atoms with Crippen molar-refractivity contribution in [1.29, 1.82) is 0 Å². The summed E-state index contributed by atoms with van der Waals surface area (Å²) in [5.41, 5.74) is 2.42. The first-order valence-electron chi connectivity index (χ1n) is 9.76. The molecule has 2 aromatic carbocycles. The molecular formula is C22H21ClN4O2S. The highest BCUT2D eigenvalue weighted by molar-refractivity contribution is 7.13. The molecule has 0 spiro atoms. The Hall–Kier alpha value is -2.77. The van der Waals surface area contributed by atoms with Gasteiger partial charge in [0.2, 0.25) is 5.01 Å². The Kier molecular flexibility index (Phi) is 6.11. The van der Waals surface area contributed by atoms with Gasteiger partial charge in [-0.3, -0.25) is 9.59 Å². The van der Waals surface area contributed by atoms with Crippen LogP contribution in [0.2, 0.25) is 5.02 Å². The minimum Gasteiger partial charge on any atom is -0.338 e. The molecular weight excluding hydrogens is 420 g/mol. The van der Waals surface area contributed by atoms with Gasteiger partial charge in [-0.2, -0.15) is 0 Å². The second-order valence-corrected chi connectivity index (χ2v) is 8.81. The van der Waals surface area contributed by atoms with Crippen LogP contribution in [0.3, 0.4) is 0 Å². The predicted molar refractivity (Wildman–Crippen MR) is 118 cm³/mol. The molecule has 1 saturated heterocycles. The average Bonchev–Trinajstić information content (AvgIpc) is 3.25. The van der Waals surface area contributed by atoms with Crippen LogP contribution in [0.5, 0.6) is 0 Å². The number of carbonyl (C=O) groups is 2. The lowest BCUT2D eigenvalue weighted by atomic mass is 9.98. The maximum Gasteiger partial charge on any atom is 0.286 e. The fourth-order valence-corrected chi connectivity index (χ4v) is 4.52. The number of piperidine rings is 1. The van der Waals surface area contributed by atoms with Crippen LogP contribution in [0, 0.1) is 6.92 Å². The van der Waals surface area contributed by atoms with E-state index in [0.717, 1.165) is 30.0 Å². The Morgan fingerprint density at radius 3 is 2.73 bits per heavy atom. The van der Waals surface area contributed by atoms with Gasteiger partial charge < -0.3 is 10.2 Å². The molecule has 3 aromatic rings. The van der Waals surface area contributed by atoms with E-state index in [-0.39, 0.29) is 17.7 Å². The normalized spacial score (nSPS) is 16.3. The number of nitrogens with zero attached hydrogens (tertiary/aromatic N) is 3. The van der Waals surface area contributed by atoms with Crippen LogP contribution in [0.25, 0.3) is 0 Å². The SMILES string of the molecule is Cc1cccc(C(=O)N2CCC[C@@H](c3nnc(C(=O)Nc4ccc(Cl)cc4)s3)C2)c1. The number of nitrogens with one attached hydrogen (secondary N) is 1. The second-order valence-electron chi connectivity index (χ2n) is 7.37. The van der Waals surface area contributed by atoms with E-state index in [9.17, 15) is 9.59 Å². The minimum absolute atomic E-state index is 0.0358. The molecule has 0 aliphatic carbocycles. The van der Waals surface area contributed by atoms with Gasteiger partial charge in [-0.1, -0.05) is 40.6 Å². The maximum absolute atomic E-state index is 12.9. The number of hydrogen-bond acceptors (Lipinski definition) is 5. The Bertz CT molecular complexity index is 1070. The number of aryl methyl sites for hydroxylation is 1. The van der Waals surface area contributed by atoms with Gasteiger partial charge in [0.25, 0.3) is 11.8 Å². The molecule has 0 saturated carbocycles. The number of anilines is 1. The van der Waals surface area contributed by atoms with Crippen LogP contribution in [-0.4, -0.2) is 40.0 Å². The average molecular weight is 441 g/mol. The number of halogens is 1. The summed E-state index contributed by atoms with van der Waals surface area (Å²) in [5.74, 6) is -0.180. The first kappa shape index (κ1) is 20.5. The molecule has 1 fully saturated rings. The van der Waals surface area contributed by atoms with Gasteiger partial charge in [0, 0.05) is 35.3 Å². The van der Waals surface area contributed by atoms with Crippen molar-refractivity contribution in [2.24, 2.45) is 0 Å². The van der Waals surface area contributed by atoms with Crippen molar-refractivity contribution in [3.05, 3.63) is 74.7 Å². The van der Waals surface area contributed by atoms with Gasteiger partial charge in [-0.25, -0.2) is 0 Å². The molecule has 8 heteroatoms. The number of benzene rings is 2. The van der Waals surface area contributed by atoms with Crippen LogP contribution in [0.1, 0.15) is 49.5 Å². The van der Waals surface area contributed by atoms with Crippen molar-refractivity contribution in [3.63, 3.8) is 0 Å². The van der Waals surface area contributed by atoms with Gasteiger partial charge in [-0.05, 0) is 56.2 Å². The summed E-state index contributed by atoms with van der Waals surface area (Å²) >= 11 is 7.16. The summed E-state index contributed by atoms with van der Waals surface area (Å²) in [6.07, 6.45) is 1.82. The molecule has 1 atom stereocenters. The summed E-state index contributed by atoms with van der Waals surface area (Å²) < 4.78 is 0. The zero-order valence-corrected chi connectivity index (χ0v) is 18.0. The molecule has 2 amide bonds. The van der Waals surface area contributed by atoms with E-state index in [1.54, 1.807) is 24.3 Å². The largest absolute Gasteiger partial charge is 0.338 e. The summed E-state index contributed by atoms with van der Waals surface area (Å²) in [6, 6.07) is 14.5. The van der Waals surface area contributed by atoms with E-state index >= 15 is 0 Å². The summed E-state index contributed by atoms with van der Waals surface area (Å²) in [5, 5.41) is 12.8. The highest BCUT2D eigenvalue weighted by atomic mass is 35.5. The third kappa shape index (κ3) is 4.68. The maximum atomic E-state index is 12.9. The molecule has 4 rings (SSSR count). The lowest BCUT2D eigenvalue weighted by Gasteiger charge is -2.31. The van der Waals surface area contributed by atoms with E-state index in [2.05, 4.69) is 15.5 Å². The third-order valence-electron chi connectivity index (χ3n) is 5.06. The summed E-state index contributed by atoms with van der Waals surface area (Å²) in [6.45, 7) is 3.29. The lowest BCUT2D eigenvalue weighted by molar-refractivity contribution is 0.0706. The Balaban J connectivity index is 1.43. The summed E-state index contributed by atoms with van der Waals surface area (Å²) in [4.78, 5) is 27.2. The Morgan fingerprint density at radius 2 is 1.97 bits per heavy atom. The van der Waals surface area contributed by atoms with Crippen LogP contribution >= 0.6 is 22.9 Å². The van der Waals surface area contributed by atoms with E-state index in [4.69, 9.17) is 11.6 Å². The fourth-order valence-electron chi connectivity index (χ4n) is 3.53. The molecule has 154 valence electrons. The zero-order valence-electron chi connectivity index (χ0n) is 16.5. The molecule has 1 aliphatic heterocycles. The molecule has 0 unspecified atom stereocenters. The smallest absolute Gasteiger partial charge is 0.286 e. The van der Waals surface area contributed by atoms with Gasteiger partial charge in [0.1, 0.15) is 5.01 Å². The molecule has 0 bridgehead atoms. The first-order chi connectivity index (χ1) is 14.5. The fraction of sp³-hybridized carbons (Fsp3) is 0.273. The highest BCUT2D eigenvalue weighted by Crippen LogP contribution is 2.30. The van der Waals surface area contributed by atoms with Gasteiger partial charge in [0.15, 0.2) is 0 Å². The van der Waals surface area contributed by atoms with Crippen LogP contribution in [-0.2, 0) is 0 Å². The Morgan fingerprint density at radius 1 is 1.17 bits per heavy atom. The molecule has 1 aliphatic rings. The molecule has 2 heterocycles. The van der Waals surface area contributed by atoms with Gasteiger partial charge in [0.05, 0.1) is 0 Å². The number of hydrogen-bond donors (Lipinski definition) is 1. The quantitative estimate of drug-likeness (QED) is 0.633. The minimum atomic E-state index is -0.301. The van der Waals surface area contributed by atoms with Gasteiger partial charge in [-0.15, -0.1) is 10.2 Å². The van der Waals surface area contributed by atoms with Crippen LogP contribution in [0.15, 0.2) is 48.5 Å². The summed E-state index contributed by atoms with van der Waals surface area (Å²) in [7, 11) is 0. The second kappa shape index (κ2) is 8.93. The lowest BCUT2D eigenvalue weighted by Crippen LogP contribution is -2.39. The standard InChI is InChI=1S/C22H21ClN4O2S/c1-14-4-2-5-15(12-14)22(29)27-11-3-6-16(13-27)20-25-26-21(30-20)19(28)24-18-9-7-17(23)8-10-18/h2,4-5,7-10,12,16H,3,6,11,13H2,1H3,(H,24,28)/t16-/m1/s1. The molecule has 30 heavy (non-hydrogen) atoms. The molecule has 6 nitrogen and oxygen atoms in total. The third-order valence-corrected chi connectivity index (χ3v) is 6.40. The Labute approximate surface area is 183 Å². The van der Waals surface area contributed by atoms with E-state index in [1.807, 2.05) is 36.1 Å². The van der Waals surface area contributed by atoms with Crippen molar-refractivity contribution in [2.75, 3.05) is 18.4 Å². The van der Waals surface area contributed by atoms with E-state index < -0.39 is 0 Å². The number of likely N-dealkylation sites (tertiary alicyclic amines) is 1. The first-order valence-corrected chi connectivity index (χ1v) is 11.0. The molecule has 1 aromatic heterocycles. The van der Waals surface area contributed by atoms with E-state index in [1.165, 1.54) is 11.3 Å². The van der Waals surface area contributed by atoms with Gasteiger partial charge >= 0.3 is 0 Å². The number of amides is 2. The van der Waals surface area contributed by atoms with Crippen molar-refractivity contribution in [2.45, 2.75) is 25.7 Å². The number of carbonyl (C=O) groups excluding carboxylic acids is 2. The topological polar surface area (TPSA) is 75.2 Å². The number of aromatic nitrogens is 2. The molecule has 1 N–H and O–H groups in total. The van der Waals surface area contributed by atoms with Crippen LogP contribution < -0.4 is 5.32 Å². The van der Waals surface area contributed by atoms with Crippen LogP contribution in [0.4, 0.5) is 5.69 Å². The van der Waals surface area contributed by atoms with Crippen molar-refractivity contribution in [3.8, 4) is 0 Å². The zero-order chi connectivity index (χ0) is 21.1. The predicted octanol–water partition coefficient (Wildman–Crippen LogP) is 4.77. The monoisotopic (exact) mass is 440 g/mol. The van der Waals surface area contributed by atoms with E-state index in [0.29, 0.717) is 27.8 Å². The molecule has 0 radical (unpaired) electrons.